The standard InChI is InChI=1S/C18H35N3/c1-19-10-6-5-9-18(19)16-21-13-11-20(12-14-21)15-17-7-3-2-4-8-17/h17-18H,2-16H2,1H3/t18-/m1/s1. The van der Waals surface area contributed by atoms with Crippen molar-refractivity contribution in [3.8, 4) is 0 Å². The molecule has 122 valence electrons. The van der Waals surface area contributed by atoms with E-state index in [1.807, 2.05) is 0 Å². The summed E-state index contributed by atoms with van der Waals surface area (Å²) < 4.78 is 0. The van der Waals surface area contributed by atoms with Crippen LogP contribution in [0.15, 0.2) is 0 Å². The summed E-state index contributed by atoms with van der Waals surface area (Å²) in [5, 5.41) is 0. The number of likely N-dealkylation sites (N-methyl/N-ethyl adjacent to an activating group) is 1. The van der Waals surface area contributed by atoms with Gasteiger partial charge in [-0.05, 0) is 45.2 Å². The van der Waals surface area contributed by atoms with Crippen LogP contribution in [-0.2, 0) is 0 Å². The Kier molecular flexibility index (Phi) is 5.96. The maximum atomic E-state index is 2.75. The summed E-state index contributed by atoms with van der Waals surface area (Å²) in [4.78, 5) is 8.07. The normalized spacial score (nSPS) is 31.6. The molecule has 1 atom stereocenters. The fourth-order valence-corrected chi connectivity index (χ4v) is 4.56. The number of piperidine rings is 1. The molecule has 0 unspecified atom stereocenters. The number of nitrogens with zero attached hydrogens (tertiary/aromatic N) is 3. The van der Waals surface area contributed by atoms with Crippen molar-refractivity contribution >= 4 is 0 Å². The molecule has 2 heterocycles. The molecule has 1 saturated carbocycles. The van der Waals surface area contributed by atoms with E-state index in [0.717, 1.165) is 12.0 Å². The Morgan fingerprint density at radius 2 is 1.29 bits per heavy atom. The highest BCUT2D eigenvalue weighted by molar-refractivity contribution is 4.81. The van der Waals surface area contributed by atoms with Crippen LogP contribution < -0.4 is 0 Å². The van der Waals surface area contributed by atoms with Gasteiger partial charge in [0.1, 0.15) is 0 Å². The van der Waals surface area contributed by atoms with Crippen LogP contribution in [0.4, 0.5) is 0 Å². The van der Waals surface area contributed by atoms with Gasteiger partial charge in [-0.1, -0.05) is 25.7 Å². The number of hydrogen-bond donors (Lipinski definition) is 0. The Balaban J connectivity index is 1.36. The molecule has 2 saturated heterocycles. The Bertz CT molecular complexity index is 293. The van der Waals surface area contributed by atoms with E-state index < -0.39 is 0 Å². The average molecular weight is 293 g/mol. The van der Waals surface area contributed by atoms with Crippen LogP contribution in [0, 0.1) is 5.92 Å². The van der Waals surface area contributed by atoms with E-state index in [9.17, 15) is 0 Å². The van der Waals surface area contributed by atoms with Gasteiger partial charge in [-0.15, -0.1) is 0 Å². The molecule has 1 aliphatic carbocycles. The second-order valence-corrected chi connectivity index (χ2v) is 7.74. The Morgan fingerprint density at radius 3 is 1.95 bits per heavy atom. The zero-order chi connectivity index (χ0) is 14.5. The molecular weight excluding hydrogens is 258 g/mol. The van der Waals surface area contributed by atoms with E-state index in [0.29, 0.717) is 0 Å². The molecule has 3 aliphatic rings. The van der Waals surface area contributed by atoms with Crippen molar-refractivity contribution < 1.29 is 0 Å². The molecule has 3 heteroatoms. The van der Waals surface area contributed by atoms with Crippen molar-refractivity contribution in [1.82, 2.24) is 14.7 Å². The quantitative estimate of drug-likeness (QED) is 0.789. The lowest BCUT2D eigenvalue weighted by molar-refractivity contribution is 0.0746. The minimum Gasteiger partial charge on any atom is -0.302 e. The van der Waals surface area contributed by atoms with Gasteiger partial charge in [0.15, 0.2) is 0 Å². The van der Waals surface area contributed by atoms with Gasteiger partial charge in [0.05, 0.1) is 0 Å². The van der Waals surface area contributed by atoms with Gasteiger partial charge in [-0.25, -0.2) is 0 Å². The van der Waals surface area contributed by atoms with Gasteiger partial charge in [-0.3, -0.25) is 4.90 Å². The number of likely N-dealkylation sites (tertiary alicyclic amines) is 1. The molecule has 0 aromatic carbocycles. The predicted octanol–water partition coefficient (Wildman–Crippen LogP) is 2.67. The van der Waals surface area contributed by atoms with Crippen LogP contribution in [-0.4, -0.2) is 73.6 Å². The monoisotopic (exact) mass is 293 g/mol. The predicted molar refractivity (Wildman–Crippen MR) is 89.7 cm³/mol. The topological polar surface area (TPSA) is 9.72 Å². The van der Waals surface area contributed by atoms with Gasteiger partial charge in [0, 0.05) is 45.3 Å². The van der Waals surface area contributed by atoms with Crippen LogP contribution in [0.3, 0.4) is 0 Å². The second kappa shape index (κ2) is 7.94. The van der Waals surface area contributed by atoms with Gasteiger partial charge >= 0.3 is 0 Å². The van der Waals surface area contributed by atoms with Crippen molar-refractivity contribution in [2.24, 2.45) is 5.92 Å². The summed E-state index contributed by atoms with van der Waals surface area (Å²) in [5.74, 6) is 1.01. The Labute approximate surface area is 131 Å². The average Bonchev–Trinajstić information content (AvgIpc) is 2.52. The lowest BCUT2D eigenvalue weighted by Gasteiger charge is -2.41. The van der Waals surface area contributed by atoms with Crippen LogP contribution in [0.5, 0.6) is 0 Å². The van der Waals surface area contributed by atoms with Crippen LogP contribution in [0.1, 0.15) is 51.4 Å². The van der Waals surface area contributed by atoms with Crippen LogP contribution in [0.2, 0.25) is 0 Å². The first kappa shape index (κ1) is 15.8. The molecule has 0 radical (unpaired) electrons. The van der Waals surface area contributed by atoms with E-state index in [1.54, 1.807) is 0 Å². The Morgan fingerprint density at radius 1 is 0.667 bits per heavy atom. The van der Waals surface area contributed by atoms with Crippen molar-refractivity contribution in [2.75, 3.05) is 52.9 Å². The lowest BCUT2D eigenvalue weighted by atomic mass is 9.89. The molecule has 0 N–H and O–H groups in total. The fraction of sp³-hybridized carbons (Fsp3) is 1.00. The first-order chi connectivity index (χ1) is 10.3. The molecule has 0 bridgehead atoms. The second-order valence-electron chi connectivity index (χ2n) is 7.74. The van der Waals surface area contributed by atoms with Gasteiger partial charge < -0.3 is 9.80 Å². The third-order valence-corrected chi connectivity index (χ3v) is 6.10. The van der Waals surface area contributed by atoms with Crippen molar-refractivity contribution in [3.05, 3.63) is 0 Å². The summed E-state index contributed by atoms with van der Waals surface area (Å²) in [6.45, 7) is 9.24. The van der Waals surface area contributed by atoms with E-state index in [1.165, 1.54) is 97.2 Å². The minimum absolute atomic E-state index is 0.823. The minimum atomic E-state index is 0.823. The highest BCUT2D eigenvalue weighted by atomic mass is 15.3. The maximum Gasteiger partial charge on any atom is 0.0220 e. The lowest BCUT2D eigenvalue weighted by Crippen LogP contribution is -2.52. The zero-order valence-corrected chi connectivity index (χ0v) is 14.1. The zero-order valence-electron chi connectivity index (χ0n) is 14.1. The summed E-state index contributed by atoms with van der Waals surface area (Å²) in [6.07, 6.45) is 11.7. The SMILES string of the molecule is CN1CCCC[C@@H]1CN1CCN(CC2CCCCC2)CC1. The van der Waals surface area contributed by atoms with E-state index in [4.69, 9.17) is 0 Å². The maximum absolute atomic E-state index is 2.75. The molecule has 3 rings (SSSR count). The molecule has 0 amide bonds. The molecule has 3 nitrogen and oxygen atoms in total. The molecule has 0 spiro atoms. The number of rotatable bonds is 4. The molecule has 0 aromatic heterocycles. The summed E-state index contributed by atoms with van der Waals surface area (Å²) >= 11 is 0. The van der Waals surface area contributed by atoms with Crippen LogP contribution >= 0.6 is 0 Å². The highest BCUT2D eigenvalue weighted by Gasteiger charge is 2.25. The molecule has 21 heavy (non-hydrogen) atoms. The number of piperazine rings is 1. The summed E-state index contributed by atoms with van der Waals surface area (Å²) in [5.41, 5.74) is 0. The smallest absolute Gasteiger partial charge is 0.0220 e. The van der Waals surface area contributed by atoms with E-state index >= 15 is 0 Å². The number of hydrogen-bond acceptors (Lipinski definition) is 3. The molecular formula is C18H35N3. The van der Waals surface area contributed by atoms with Gasteiger partial charge in [0.25, 0.3) is 0 Å². The first-order valence-corrected chi connectivity index (χ1v) is 9.46. The van der Waals surface area contributed by atoms with Crippen molar-refractivity contribution in [1.29, 1.82) is 0 Å². The molecule has 0 aromatic rings. The third kappa shape index (κ3) is 4.67. The largest absolute Gasteiger partial charge is 0.302 e. The summed E-state index contributed by atoms with van der Waals surface area (Å²) in [7, 11) is 2.32. The fourth-order valence-electron chi connectivity index (χ4n) is 4.56. The molecule has 2 aliphatic heterocycles. The van der Waals surface area contributed by atoms with Crippen molar-refractivity contribution in [2.45, 2.75) is 57.4 Å². The third-order valence-electron chi connectivity index (χ3n) is 6.10. The first-order valence-electron chi connectivity index (χ1n) is 9.46. The molecule has 3 fully saturated rings. The van der Waals surface area contributed by atoms with Crippen molar-refractivity contribution in [3.63, 3.8) is 0 Å². The van der Waals surface area contributed by atoms with E-state index in [-0.39, 0.29) is 0 Å². The summed E-state index contributed by atoms with van der Waals surface area (Å²) in [6, 6.07) is 0.823. The van der Waals surface area contributed by atoms with Gasteiger partial charge in [-0.2, -0.15) is 0 Å². The Hall–Kier alpha value is -0.120. The van der Waals surface area contributed by atoms with E-state index in [2.05, 4.69) is 21.7 Å². The highest BCUT2D eigenvalue weighted by Crippen LogP contribution is 2.25. The van der Waals surface area contributed by atoms with Gasteiger partial charge in [0.2, 0.25) is 0 Å². The van der Waals surface area contributed by atoms with Crippen LogP contribution in [0.25, 0.3) is 0 Å².